The van der Waals surface area contributed by atoms with E-state index in [1.54, 1.807) is 29.3 Å². The van der Waals surface area contributed by atoms with Crippen molar-refractivity contribution < 1.29 is 23.0 Å². The monoisotopic (exact) mass is 464 g/mol. The molecule has 4 aromatic rings. The predicted molar refractivity (Wildman–Crippen MR) is 123 cm³/mol. The summed E-state index contributed by atoms with van der Waals surface area (Å²) in [7, 11) is 0. The number of morpholine rings is 1. The summed E-state index contributed by atoms with van der Waals surface area (Å²) < 4.78 is 37.5. The van der Waals surface area contributed by atoms with E-state index in [-0.39, 0.29) is 18.3 Å². The minimum Gasteiger partial charge on any atom is -0.434 e. The fourth-order valence-electron chi connectivity index (χ4n) is 4.11. The molecule has 3 heterocycles. The maximum absolute atomic E-state index is 12.8. The molecule has 1 saturated heterocycles. The van der Waals surface area contributed by atoms with Crippen LogP contribution in [0.5, 0.6) is 5.75 Å². The Hall–Kier alpha value is -3.85. The number of pyridine rings is 1. The fraction of sp³-hybridized carbons (Fsp3) is 0.240. The Kier molecular flexibility index (Phi) is 5.93. The molecule has 0 N–H and O–H groups in total. The van der Waals surface area contributed by atoms with Crippen LogP contribution in [0.1, 0.15) is 11.4 Å². The summed E-state index contributed by atoms with van der Waals surface area (Å²) in [4.78, 5) is 22.8. The Bertz CT molecular complexity index is 1340. The van der Waals surface area contributed by atoms with Gasteiger partial charge in [-0.3, -0.25) is 9.69 Å². The Morgan fingerprint density at radius 2 is 1.94 bits per heavy atom. The number of imidazole rings is 1. The first-order valence-electron chi connectivity index (χ1n) is 10.8. The van der Waals surface area contributed by atoms with Crippen LogP contribution in [0.3, 0.4) is 0 Å². The minimum absolute atomic E-state index is 0.0644. The largest absolute Gasteiger partial charge is 0.434 e. The van der Waals surface area contributed by atoms with Crippen LogP contribution in [0.4, 0.5) is 14.6 Å². The first kappa shape index (κ1) is 22.0. The van der Waals surface area contributed by atoms with Crippen LogP contribution in [0, 0.1) is 6.92 Å². The van der Waals surface area contributed by atoms with Crippen LogP contribution in [0.25, 0.3) is 22.2 Å². The van der Waals surface area contributed by atoms with Crippen LogP contribution in [0.2, 0.25) is 0 Å². The SMILES string of the molecule is Cc1nc2ccc(-c3ccc(N4CCOCC4=O)nc3)cc2n1Cc1ccccc1OC(F)F. The van der Waals surface area contributed by atoms with Crippen molar-refractivity contribution in [2.24, 2.45) is 0 Å². The number of fused-ring (bicyclic) bond motifs is 1. The third-order valence-electron chi connectivity index (χ3n) is 5.80. The summed E-state index contributed by atoms with van der Waals surface area (Å²) in [6, 6.07) is 16.4. The zero-order chi connectivity index (χ0) is 23.7. The van der Waals surface area contributed by atoms with Crippen molar-refractivity contribution in [3.05, 3.63) is 72.2 Å². The van der Waals surface area contributed by atoms with Crippen LogP contribution in [0.15, 0.2) is 60.8 Å². The van der Waals surface area contributed by atoms with E-state index in [2.05, 4.69) is 9.97 Å². The van der Waals surface area contributed by atoms with Crippen LogP contribution in [-0.2, 0) is 16.1 Å². The lowest BCUT2D eigenvalue weighted by atomic mass is 10.1. The van der Waals surface area contributed by atoms with Crippen molar-refractivity contribution >= 4 is 22.8 Å². The molecule has 34 heavy (non-hydrogen) atoms. The van der Waals surface area contributed by atoms with E-state index in [0.29, 0.717) is 31.1 Å². The number of rotatable bonds is 6. The summed E-state index contributed by atoms with van der Waals surface area (Å²) in [5.41, 5.74) is 4.12. The van der Waals surface area contributed by atoms with Gasteiger partial charge in [-0.1, -0.05) is 24.3 Å². The molecule has 0 bridgehead atoms. The number of halogens is 2. The molecule has 5 rings (SSSR count). The molecule has 0 saturated carbocycles. The number of ether oxygens (including phenoxy) is 2. The lowest BCUT2D eigenvalue weighted by molar-refractivity contribution is -0.125. The number of hydrogen-bond donors (Lipinski definition) is 0. The Labute approximate surface area is 194 Å². The van der Waals surface area contributed by atoms with Crippen molar-refractivity contribution in [1.82, 2.24) is 14.5 Å². The van der Waals surface area contributed by atoms with Crippen molar-refractivity contribution in [3.63, 3.8) is 0 Å². The first-order chi connectivity index (χ1) is 16.5. The zero-order valence-electron chi connectivity index (χ0n) is 18.4. The fourth-order valence-corrected chi connectivity index (χ4v) is 4.11. The topological polar surface area (TPSA) is 69.5 Å². The number of carbonyl (C=O) groups excluding carboxylic acids is 1. The van der Waals surface area contributed by atoms with Crippen molar-refractivity contribution in [2.45, 2.75) is 20.1 Å². The van der Waals surface area contributed by atoms with Gasteiger partial charge in [0.05, 0.1) is 30.7 Å². The van der Waals surface area contributed by atoms with Gasteiger partial charge in [0.2, 0.25) is 0 Å². The Morgan fingerprint density at radius 1 is 1.12 bits per heavy atom. The molecule has 0 spiro atoms. The lowest BCUT2D eigenvalue weighted by Gasteiger charge is -2.25. The van der Waals surface area contributed by atoms with Gasteiger partial charge in [-0.25, -0.2) is 9.97 Å². The average molecular weight is 464 g/mol. The number of para-hydroxylation sites is 1. The highest BCUT2D eigenvalue weighted by molar-refractivity contribution is 5.94. The van der Waals surface area contributed by atoms with Crippen molar-refractivity contribution in [2.75, 3.05) is 24.7 Å². The van der Waals surface area contributed by atoms with Crippen LogP contribution < -0.4 is 9.64 Å². The second-order valence-electron chi connectivity index (χ2n) is 7.94. The second-order valence-corrected chi connectivity index (χ2v) is 7.94. The summed E-state index contributed by atoms with van der Waals surface area (Å²) >= 11 is 0. The van der Waals surface area contributed by atoms with E-state index < -0.39 is 6.61 Å². The highest BCUT2D eigenvalue weighted by atomic mass is 19.3. The van der Waals surface area contributed by atoms with Crippen molar-refractivity contribution in [1.29, 1.82) is 0 Å². The number of nitrogens with zero attached hydrogens (tertiary/aromatic N) is 4. The number of aryl methyl sites for hydroxylation is 1. The quantitative estimate of drug-likeness (QED) is 0.423. The number of alkyl halides is 2. The maximum Gasteiger partial charge on any atom is 0.387 e. The molecule has 9 heteroatoms. The molecule has 2 aromatic heterocycles. The minimum atomic E-state index is -2.89. The Morgan fingerprint density at radius 3 is 2.71 bits per heavy atom. The van der Waals surface area contributed by atoms with E-state index in [1.165, 1.54) is 6.07 Å². The molecule has 7 nitrogen and oxygen atoms in total. The number of carbonyl (C=O) groups is 1. The third kappa shape index (κ3) is 4.34. The van der Waals surface area contributed by atoms with Gasteiger partial charge in [-0.05, 0) is 42.8 Å². The van der Waals surface area contributed by atoms with Gasteiger partial charge in [0.25, 0.3) is 5.91 Å². The van der Waals surface area contributed by atoms with Crippen molar-refractivity contribution in [3.8, 4) is 16.9 Å². The van der Waals surface area contributed by atoms with Gasteiger partial charge in [0.1, 0.15) is 24.0 Å². The zero-order valence-corrected chi connectivity index (χ0v) is 18.4. The first-order valence-corrected chi connectivity index (χ1v) is 10.8. The molecule has 1 fully saturated rings. The molecule has 2 aromatic carbocycles. The van der Waals surface area contributed by atoms with Gasteiger partial charge in [-0.2, -0.15) is 8.78 Å². The van der Waals surface area contributed by atoms with Gasteiger partial charge >= 0.3 is 6.61 Å². The second kappa shape index (κ2) is 9.18. The Balaban J connectivity index is 1.46. The van der Waals surface area contributed by atoms with E-state index in [4.69, 9.17) is 9.47 Å². The molecule has 1 aliphatic heterocycles. The smallest absolute Gasteiger partial charge is 0.387 e. The molecule has 174 valence electrons. The van der Waals surface area contributed by atoms with Gasteiger partial charge in [0.15, 0.2) is 0 Å². The highest BCUT2D eigenvalue weighted by Gasteiger charge is 2.21. The van der Waals surface area contributed by atoms with Gasteiger partial charge in [-0.15, -0.1) is 0 Å². The predicted octanol–water partition coefficient (Wildman–Crippen LogP) is 4.42. The van der Waals surface area contributed by atoms with E-state index in [0.717, 1.165) is 28.0 Å². The molecule has 1 amide bonds. The summed E-state index contributed by atoms with van der Waals surface area (Å²) in [5.74, 6) is 1.39. The number of benzene rings is 2. The van der Waals surface area contributed by atoms with E-state index in [9.17, 15) is 13.6 Å². The number of hydrogen-bond acceptors (Lipinski definition) is 5. The molecule has 0 atom stereocenters. The molecule has 0 aliphatic carbocycles. The van der Waals surface area contributed by atoms with Gasteiger partial charge < -0.3 is 14.0 Å². The number of anilines is 1. The summed E-state index contributed by atoms with van der Waals surface area (Å²) in [5, 5.41) is 0. The average Bonchev–Trinajstić information content (AvgIpc) is 3.14. The van der Waals surface area contributed by atoms with Gasteiger partial charge in [0, 0.05) is 17.3 Å². The molecule has 0 unspecified atom stereocenters. The highest BCUT2D eigenvalue weighted by Crippen LogP contribution is 2.28. The molecule has 0 radical (unpaired) electrons. The number of aromatic nitrogens is 3. The molecular formula is C25H22F2N4O3. The summed E-state index contributed by atoms with van der Waals surface area (Å²) in [6.45, 7) is 0.357. The van der Waals surface area contributed by atoms with E-state index >= 15 is 0 Å². The maximum atomic E-state index is 12.8. The summed E-state index contributed by atoms with van der Waals surface area (Å²) in [6.07, 6.45) is 1.73. The number of amides is 1. The van der Waals surface area contributed by atoms with E-state index in [1.807, 2.05) is 41.8 Å². The standard InChI is InChI=1S/C25H22F2N4O3/c1-16-29-20-8-6-17(18-7-9-23(28-13-18)30-10-11-33-15-24(30)32)12-21(20)31(16)14-19-4-2-3-5-22(19)34-25(26)27/h2-9,12-13,25H,10-11,14-15H2,1H3. The normalized spacial score (nSPS) is 14.2. The van der Waals surface area contributed by atoms with Crippen LogP contribution in [-0.4, -0.2) is 46.8 Å². The lowest BCUT2D eigenvalue weighted by Crippen LogP contribution is -2.42. The molecule has 1 aliphatic rings. The third-order valence-corrected chi connectivity index (χ3v) is 5.80. The molecular weight excluding hydrogens is 442 g/mol. The van der Waals surface area contributed by atoms with Crippen LogP contribution >= 0.6 is 0 Å².